The molecule has 0 saturated carbocycles. The third-order valence-corrected chi connectivity index (χ3v) is 9.30. The maximum absolute atomic E-state index is 7.12. The molecule has 0 N–H and O–H groups in total. The summed E-state index contributed by atoms with van der Waals surface area (Å²) in [5.74, 6) is 0. The number of rotatable bonds is 10. The van der Waals surface area contributed by atoms with E-state index in [9.17, 15) is 0 Å². The molecule has 5 aromatic carbocycles. The lowest BCUT2D eigenvalue weighted by Gasteiger charge is -2.38. The molecule has 0 fully saturated rings. The van der Waals surface area contributed by atoms with E-state index in [1.807, 2.05) is 36.4 Å². The van der Waals surface area contributed by atoms with Gasteiger partial charge in [0.25, 0.3) is 0 Å². The largest absolute Gasteiger partial charge is 0.369 e. The Kier molecular flexibility index (Phi) is 8.80. The lowest BCUT2D eigenvalue weighted by atomic mass is 9.80. The van der Waals surface area contributed by atoms with Crippen LogP contribution in [0.15, 0.2) is 164 Å². The van der Waals surface area contributed by atoms with Gasteiger partial charge in [0, 0.05) is 10.6 Å². The van der Waals surface area contributed by atoms with E-state index >= 15 is 0 Å². The molecule has 2 atom stereocenters. The maximum Gasteiger partial charge on any atom is 0.143 e. The Morgan fingerprint density at radius 3 is 1.44 bits per heavy atom. The van der Waals surface area contributed by atoms with Gasteiger partial charge in [0.1, 0.15) is 17.8 Å². The van der Waals surface area contributed by atoms with Crippen LogP contribution in [0.3, 0.4) is 0 Å². The van der Waals surface area contributed by atoms with Crippen molar-refractivity contribution in [2.24, 2.45) is 0 Å². The molecule has 1 aliphatic heterocycles. The molecule has 1 heterocycles. The van der Waals surface area contributed by atoms with Crippen LogP contribution in [0.1, 0.15) is 16.7 Å². The summed E-state index contributed by atoms with van der Waals surface area (Å²) >= 11 is 0. The summed E-state index contributed by atoms with van der Waals surface area (Å²) in [6, 6.07) is 52.3. The van der Waals surface area contributed by atoms with Gasteiger partial charge < -0.3 is 14.0 Å². The molecular weight excluding hydrogens is 523 g/mol. The molecule has 0 bridgehead atoms. The summed E-state index contributed by atoms with van der Waals surface area (Å²) in [4.78, 5) is 0. The molecule has 5 aromatic rings. The highest BCUT2D eigenvalue weighted by Gasteiger charge is 2.39. The molecule has 0 unspecified atom stereocenters. The second-order valence-corrected chi connectivity index (χ2v) is 11.8. The van der Waals surface area contributed by atoms with Crippen LogP contribution < -0.4 is 10.6 Å². The molecule has 6 rings (SSSR count). The van der Waals surface area contributed by atoms with Gasteiger partial charge in [-0.15, -0.1) is 0 Å². The summed E-state index contributed by atoms with van der Waals surface area (Å²) in [5.41, 5.74) is 2.38. The predicted octanol–water partition coefficient (Wildman–Crippen LogP) is 7.38. The van der Waals surface area contributed by atoms with Crippen LogP contribution >= 0.6 is 8.15 Å². The molecule has 0 amide bonds. The minimum atomic E-state index is -1.06. The zero-order chi connectivity index (χ0) is 27.7. The van der Waals surface area contributed by atoms with Crippen molar-refractivity contribution >= 4 is 18.8 Å². The summed E-state index contributed by atoms with van der Waals surface area (Å²) in [6.07, 6.45) is 3.63. The second-order valence-electron chi connectivity index (χ2n) is 9.93. The number of hydrogen-bond donors (Lipinski definition) is 0. The van der Waals surface area contributed by atoms with Crippen LogP contribution in [0.2, 0.25) is 0 Å². The Labute approximate surface area is 243 Å². The highest BCUT2D eigenvalue weighted by molar-refractivity contribution is 7.68. The molecule has 1 aliphatic rings. The van der Waals surface area contributed by atoms with Gasteiger partial charge in [-0.3, -0.25) is 0 Å². The Bertz CT molecular complexity index is 1370. The number of hydrogen-bond acceptors (Lipinski definition) is 3. The van der Waals surface area contributed by atoms with Crippen LogP contribution in [0.4, 0.5) is 0 Å². The normalized spacial score (nSPS) is 17.0. The van der Waals surface area contributed by atoms with E-state index in [0.717, 1.165) is 16.7 Å². The summed E-state index contributed by atoms with van der Waals surface area (Å²) < 4.78 is 20.4. The van der Waals surface area contributed by atoms with Gasteiger partial charge in [-0.1, -0.05) is 164 Å². The van der Waals surface area contributed by atoms with E-state index in [0.29, 0.717) is 13.2 Å². The lowest BCUT2D eigenvalue weighted by molar-refractivity contribution is -0.0887. The third kappa shape index (κ3) is 6.10. The van der Waals surface area contributed by atoms with Crippen LogP contribution in [0, 0.1) is 0 Å². The van der Waals surface area contributed by atoms with E-state index in [4.69, 9.17) is 14.0 Å². The van der Waals surface area contributed by atoms with Crippen molar-refractivity contribution in [3.05, 3.63) is 181 Å². The van der Waals surface area contributed by atoms with E-state index in [1.54, 1.807) is 0 Å². The zero-order valence-corrected chi connectivity index (χ0v) is 23.7. The molecule has 3 nitrogen and oxygen atoms in total. The van der Waals surface area contributed by atoms with Crippen molar-refractivity contribution < 1.29 is 14.0 Å². The van der Waals surface area contributed by atoms with Gasteiger partial charge in [-0.05, 0) is 16.7 Å². The summed E-state index contributed by atoms with van der Waals surface area (Å²) in [6.45, 7) is 0.873. The SMILES string of the molecule is C1=C[C@@H](OP(c2ccccc2)c2ccccc2)[C@@H](COC(c2ccccc2)(c2ccccc2)c2ccccc2)OC1. The summed E-state index contributed by atoms with van der Waals surface area (Å²) in [5, 5.41) is 2.33. The van der Waals surface area contributed by atoms with Crippen molar-refractivity contribution in [3.8, 4) is 0 Å². The van der Waals surface area contributed by atoms with Crippen LogP contribution in [0.5, 0.6) is 0 Å². The molecule has 4 heteroatoms. The first kappa shape index (κ1) is 27.3. The predicted molar refractivity (Wildman–Crippen MR) is 168 cm³/mol. The molecule has 0 aliphatic carbocycles. The van der Waals surface area contributed by atoms with Gasteiger partial charge in [0.15, 0.2) is 0 Å². The topological polar surface area (TPSA) is 27.7 Å². The standard InChI is InChI=1S/C37H33O3P/c1-6-17-30(18-7-1)37(31-19-8-2-9-20-31,32-21-10-3-11-22-32)39-29-36-35(27-16-28-38-36)40-41(33-23-12-4-13-24-33)34-25-14-5-15-26-34/h1-27,35-36H,28-29H2/t35-,36-/m1/s1. The fourth-order valence-electron chi connectivity index (χ4n) is 5.33. The molecule has 204 valence electrons. The lowest BCUT2D eigenvalue weighted by Crippen LogP contribution is -2.42. The van der Waals surface area contributed by atoms with Crippen LogP contribution in [-0.2, 0) is 19.6 Å². The average Bonchev–Trinajstić information content (AvgIpc) is 3.07. The number of benzene rings is 5. The van der Waals surface area contributed by atoms with Gasteiger partial charge >= 0.3 is 0 Å². The van der Waals surface area contributed by atoms with E-state index < -0.39 is 13.7 Å². The van der Waals surface area contributed by atoms with Gasteiger partial charge in [-0.25, -0.2) is 0 Å². The molecular formula is C37H33O3P. The van der Waals surface area contributed by atoms with Crippen molar-refractivity contribution in [1.29, 1.82) is 0 Å². The highest BCUT2D eigenvalue weighted by atomic mass is 31.1. The van der Waals surface area contributed by atoms with Gasteiger partial charge in [0.2, 0.25) is 0 Å². The van der Waals surface area contributed by atoms with Crippen molar-refractivity contribution in [1.82, 2.24) is 0 Å². The molecule has 0 radical (unpaired) electrons. The second kappa shape index (κ2) is 13.2. The number of ether oxygens (including phenoxy) is 2. The highest BCUT2D eigenvalue weighted by Crippen LogP contribution is 2.42. The Hall–Kier alpha value is -3.85. The van der Waals surface area contributed by atoms with Crippen LogP contribution in [-0.4, -0.2) is 25.4 Å². The monoisotopic (exact) mass is 556 g/mol. The van der Waals surface area contributed by atoms with Gasteiger partial charge in [0.05, 0.1) is 21.4 Å². The minimum absolute atomic E-state index is 0.268. The van der Waals surface area contributed by atoms with Crippen LogP contribution in [0.25, 0.3) is 0 Å². The molecule has 0 aromatic heterocycles. The van der Waals surface area contributed by atoms with Gasteiger partial charge in [-0.2, -0.15) is 0 Å². The quantitative estimate of drug-likeness (QED) is 0.102. The molecule has 0 saturated heterocycles. The average molecular weight is 557 g/mol. The third-order valence-electron chi connectivity index (χ3n) is 7.31. The fraction of sp³-hybridized carbons (Fsp3) is 0.135. The first-order chi connectivity index (χ1) is 20.3. The van der Waals surface area contributed by atoms with E-state index in [1.165, 1.54) is 10.6 Å². The Morgan fingerprint density at radius 1 is 0.585 bits per heavy atom. The first-order valence-electron chi connectivity index (χ1n) is 14.0. The van der Waals surface area contributed by atoms with Crippen molar-refractivity contribution in [2.75, 3.05) is 13.2 Å². The van der Waals surface area contributed by atoms with E-state index in [-0.39, 0.29) is 12.2 Å². The first-order valence-corrected chi connectivity index (χ1v) is 15.3. The van der Waals surface area contributed by atoms with Crippen molar-refractivity contribution in [3.63, 3.8) is 0 Å². The van der Waals surface area contributed by atoms with Crippen molar-refractivity contribution in [2.45, 2.75) is 17.8 Å². The molecule has 0 spiro atoms. The minimum Gasteiger partial charge on any atom is -0.369 e. The molecule has 41 heavy (non-hydrogen) atoms. The Balaban J connectivity index is 1.35. The zero-order valence-electron chi connectivity index (χ0n) is 22.8. The smallest absolute Gasteiger partial charge is 0.143 e. The van der Waals surface area contributed by atoms with E-state index in [2.05, 4.69) is 127 Å². The fourth-order valence-corrected chi connectivity index (χ4v) is 7.21. The maximum atomic E-state index is 7.12. The Morgan fingerprint density at radius 2 is 1.00 bits per heavy atom. The summed E-state index contributed by atoms with van der Waals surface area (Å²) in [7, 11) is -1.06.